The third-order valence-corrected chi connectivity index (χ3v) is 5.18. The zero-order valence-electron chi connectivity index (χ0n) is 16.7. The van der Waals surface area contributed by atoms with Crippen molar-refractivity contribution in [2.45, 2.75) is 40.7 Å². The molecular formula is C18H32N4O3S. The predicted octanol–water partition coefficient (Wildman–Crippen LogP) is 2.31. The van der Waals surface area contributed by atoms with Gasteiger partial charge in [0, 0.05) is 31.4 Å². The Morgan fingerprint density at radius 1 is 1.19 bits per heavy atom. The molecule has 0 aliphatic rings. The van der Waals surface area contributed by atoms with E-state index in [9.17, 15) is 13.2 Å². The molecule has 26 heavy (non-hydrogen) atoms. The number of benzene rings is 1. The average Bonchev–Trinajstić information content (AvgIpc) is 2.52. The monoisotopic (exact) mass is 384 g/mol. The summed E-state index contributed by atoms with van der Waals surface area (Å²) in [6.45, 7) is 12.0. The van der Waals surface area contributed by atoms with Crippen molar-refractivity contribution >= 4 is 27.4 Å². The van der Waals surface area contributed by atoms with Gasteiger partial charge in [-0.3, -0.25) is 4.31 Å². The van der Waals surface area contributed by atoms with E-state index in [1.165, 1.54) is 10.6 Å². The summed E-state index contributed by atoms with van der Waals surface area (Å²) in [5.41, 5.74) is 2.58. The lowest BCUT2D eigenvalue weighted by molar-refractivity contribution is 0.239. The van der Waals surface area contributed by atoms with Crippen molar-refractivity contribution < 1.29 is 13.2 Å². The van der Waals surface area contributed by atoms with Gasteiger partial charge in [0.15, 0.2) is 0 Å². The number of urea groups is 1. The predicted molar refractivity (Wildman–Crippen MR) is 109 cm³/mol. The van der Waals surface area contributed by atoms with Crippen LogP contribution in [0, 0.1) is 6.92 Å². The van der Waals surface area contributed by atoms with Gasteiger partial charge >= 0.3 is 6.03 Å². The molecule has 1 aromatic rings. The molecule has 0 aromatic heterocycles. The Hall–Kier alpha value is -1.96. The van der Waals surface area contributed by atoms with E-state index in [-0.39, 0.29) is 25.2 Å². The van der Waals surface area contributed by atoms with Crippen molar-refractivity contribution in [1.82, 2.24) is 10.6 Å². The molecule has 0 saturated carbocycles. The number of amides is 2. The molecule has 0 aliphatic heterocycles. The average molecular weight is 385 g/mol. The highest BCUT2D eigenvalue weighted by molar-refractivity contribution is 7.92. The second-order valence-electron chi connectivity index (χ2n) is 6.53. The first-order valence-corrected chi connectivity index (χ1v) is 10.8. The van der Waals surface area contributed by atoms with Crippen molar-refractivity contribution in [3.05, 3.63) is 23.8 Å². The quantitative estimate of drug-likeness (QED) is 0.685. The number of nitrogens with zero attached hydrogens (tertiary/aromatic N) is 2. The van der Waals surface area contributed by atoms with E-state index in [0.29, 0.717) is 5.69 Å². The van der Waals surface area contributed by atoms with Crippen molar-refractivity contribution in [3.63, 3.8) is 0 Å². The topological polar surface area (TPSA) is 81.8 Å². The number of rotatable bonds is 9. The minimum absolute atomic E-state index is 0.0240. The van der Waals surface area contributed by atoms with E-state index in [2.05, 4.69) is 29.4 Å². The van der Waals surface area contributed by atoms with Gasteiger partial charge in [-0.05, 0) is 58.4 Å². The Labute approximate surface area is 157 Å². The highest BCUT2D eigenvalue weighted by Gasteiger charge is 2.20. The molecule has 0 saturated heterocycles. The smallest absolute Gasteiger partial charge is 0.315 e. The van der Waals surface area contributed by atoms with Crippen LogP contribution in [0.15, 0.2) is 18.2 Å². The van der Waals surface area contributed by atoms with Gasteiger partial charge in [0.1, 0.15) is 0 Å². The maximum atomic E-state index is 12.3. The van der Waals surface area contributed by atoms with Crippen LogP contribution in [0.4, 0.5) is 16.2 Å². The van der Waals surface area contributed by atoms with Crippen molar-refractivity contribution in [3.8, 4) is 0 Å². The molecule has 0 aliphatic carbocycles. The lowest BCUT2D eigenvalue weighted by Gasteiger charge is -2.27. The fourth-order valence-electron chi connectivity index (χ4n) is 2.75. The first kappa shape index (κ1) is 22.1. The second-order valence-corrected chi connectivity index (χ2v) is 8.44. The van der Waals surface area contributed by atoms with Gasteiger partial charge in [-0.2, -0.15) is 0 Å². The summed E-state index contributed by atoms with van der Waals surface area (Å²) in [5.74, 6) is 0. The summed E-state index contributed by atoms with van der Waals surface area (Å²) in [6.07, 6.45) is 1.18. The van der Waals surface area contributed by atoms with Gasteiger partial charge in [-0.15, -0.1) is 0 Å². The molecule has 1 rings (SSSR count). The van der Waals surface area contributed by atoms with Crippen LogP contribution in [0.2, 0.25) is 0 Å². The normalized spacial score (nSPS) is 11.3. The fraction of sp³-hybridized carbons (Fsp3) is 0.611. The Morgan fingerprint density at radius 2 is 1.81 bits per heavy atom. The highest BCUT2D eigenvalue weighted by Crippen LogP contribution is 2.27. The van der Waals surface area contributed by atoms with Crippen LogP contribution in [-0.4, -0.2) is 52.9 Å². The van der Waals surface area contributed by atoms with E-state index in [1.807, 2.05) is 39.0 Å². The van der Waals surface area contributed by atoms with Gasteiger partial charge < -0.3 is 15.5 Å². The number of aryl methyl sites for hydroxylation is 1. The van der Waals surface area contributed by atoms with Crippen LogP contribution < -0.4 is 19.8 Å². The van der Waals surface area contributed by atoms with Crippen LogP contribution in [-0.2, 0) is 10.0 Å². The Morgan fingerprint density at radius 3 is 2.27 bits per heavy atom. The maximum absolute atomic E-state index is 12.3. The van der Waals surface area contributed by atoms with E-state index >= 15 is 0 Å². The van der Waals surface area contributed by atoms with E-state index in [1.54, 1.807) is 0 Å². The summed E-state index contributed by atoms with van der Waals surface area (Å²) >= 11 is 0. The number of hydrogen-bond acceptors (Lipinski definition) is 4. The van der Waals surface area contributed by atoms with Crippen molar-refractivity contribution in [2.75, 3.05) is 41.6 Å². The second kappa shape index (κ2) is 9.66. The molecule has 0 bridgehead atoms. The molecule has 0 unspecified atom stereocenters. The van der Waals surface area contributed by atoms with E-state index in [4.69, 9.17) is 0 Å². The zero-order valence-corrected chi connectivity index (χ0v) is 17.5. The van der Waals surface area contributed by atoms with Crippen LogP contribution in [0.3, 0.4) is 0 Å². The van der Waals surface area contributed by atoms with Crippen molar-refractivity contribution in [2.24, 2.45) is 0 Å². The molecule has 7 nitrogen and oxygen atoms in total. The minimum atomic E-state index is -3.46. The Kier molecular flexibility index (Phi) is 8.20. The van der Waals surface area contributed by atoms with Gasteiger partial charge in [0.05, 0.1) is 18.5 Å². The van der Waals surface area contributed by atoms with E-state index < -0.39 is 10.0 Å². The third kappa shape index (κ3) is 6.40. The maximum Gasteiger partial charge on any atom is 0.315 e. The molecule has 0 fully saturated rings. The van der Waals surface area contributed by atoms with Gasteiger partial charge in [-0.1, -0.05) is 0 Å². The minimum Gasteiger partial charge on any atom is -0.372 e. The molecular weight excluding hydrogens is 352 g/mol. The number of sulfonamides is 1. The molecule has 8 heteroatoms. The molecule has 1 aromatic carbocycles. The summed E-state index contributed by atoms with van der Waals surface area (Å²) in [6, 6.07) is 5.49. The molecule has 2 amide bonds. The number of carbonyl (C=O) groups is 1. The molecule has 0 spiro atoms. The summed E-state index contributed by atoms with van der Waals surface area (Å²) < 4.78 is 25.8. The SMILES string of the molecule is CCN(CC)c1ccc(N(CCNC(=O)NC(C)C)S(C)(=O)=O)c(C)c1. The first-order chi connectivity index (χ1) is 12.1. The summed E-state index contributed by atoms with van der Waals surface area (Å²) in [7, 11) is -3.46. The van der Waals surface area contributed by atoms with Gasteiger partial charge in [0.2, 0.25) is 10.0 Å². The van der Waals surface area contributed by atoms with Crippen LogP contribution in [0.25, 0.3) is 0 Å². The molecule has 2 N–H and O–H groups in total. The zero-order chi connectivity index (χ0) is 19.9. The lowest BCUT2D eigenvalue weighted by Crippen LogP contribution is -2.44. The van der Waals surface area contributed by atoms with Crippen LogP contribution in [0.5, 0.6) is 0 Å². The summed E-state index contributed by atoms with van der Waals surface area (Å²) in [4.78, 5) is 13.9. The Balaban J connectivity index is 2.95. The number of anilines is 2. The third-order valence-electron chi connectivity index (χ3n) is 4.00. The fourth-order valence-corrected chi connectivity index (χ4v) is 3.74. The van der Waals surface area contributed by atoms with Gasteiger partial charge in [-0.25, -0.2) is 13.2 Å². The summed E-state index contributed by atoms with van der Waals surface area (Å²) in [5, 5.41) is 5.40. The standard InChI is InChI=1S/C18H32N4O3S/c1-7-21(8-2)16-9-10-17(15(5)13-16)22(26(6,24)25)12-11-19-18(23)20-14(3)4/h9-10,13-14H,7-8,11-12H2,1-6H3,(H2,19,20,23). The van der Waals surface area contributed by atoms with Gasteiger partial charge in [0.25, 0.3) is 0 Å². The number of carbonyl (C=O) groups excluding carboxylic acids is 1. The van der Waals surface area contributed by atoms with Crippen molar-refractivity contribution in [1.29, 1.82) is 0 Å². The van der Waals surface area contributed by atoms with E-state index in [0.717, 1.165) is 24.3 Å². The molecule has 0 atom stereocenters. The van der Waals surface area contributed by atoms with Crippen LogP contribution >= 0.6 is 0 Å². The molecule has 148 valence electrons. The number of nitrogens with one attached hydrogen (secondary N) is 2. The largest absolute Gasteiger partial charge is 0.372 e. The Bertz CT molecular complexity index is 700. The van der Waals surface area contributed by atoms with Crippen LogP contribution in [0.1, 0.15) is 33.3 Å². The molecule has 0 radical (unpaired) electrons. The molecule has 0 heterocycles. The first-order valence-electron chi connectivity index (χ1n) is 8.97. The highest BCUT2D eigenvalue weighted by atomic mass is 32.2. The number of hydrogen-bond donors (Lipinski definition) is 2. The lowest BCUT2D eigenvalue weighted by atomic mass is 10.1.